The van der Waals surface area contributed by atoms with Crippen LogP contribution in [0.5, 0.6) is 0 Å². The Kier molecular flexibility index (Phi) is 5.25. The van der Waals surface area contributed by atoms with E-state index in [4.69, 9.17) is 5.26 Å². The summed E-state index contributed by atoms with van der Waals surface area (Å²) in [7, 11) is 0. The summed E-state index contributed by atoms with van der Waals surface area (Å²) in [5.41, 5.74) is 3.67. The van der Waals surface area contributed by atoms with Crippen LogP contribution in [0.4, 0.5) is 16.2 Å². The molecule has 1 fully saturated rings. The molecule has 1 aliphatic heterocycles. The molecule has 1 aliphatic rings. The highest BCUT2D eigenvalue weighted by atomic mass is 79.9. The molecule has 25 heavy (non-hydrogen) atoms. The normalized spacial score (nSPS) is 14.1. The fourth-order valence-electron chi connectivity index (χ4n) is 2.79. The van der Waals surface area contributed by atoms with Crippen molar-refractivity contribution in [3.63, 3.8) is 0 Å². The number of nitriles is 1. The van der Waals surface area contributed by atoms with E-state index in [0.717, 1.165) is 34.5 Å². The molecule has 128 valence electrons. The minimum absolute atomic E-state index is 0.0739. The number of hydrogen-bond acceptors (Lipinski definition) is 3. The molecule has 0 atom stereocenters. The van der Waals surface area contributed by atoms with Gasteiger partial charge in [0.15, 0.2) is 0 Å². The zero-order valence-electron chi connectivity index (χ0n) is 14.0. The first-order valence-electron chi connectivity index (χ1n) is 8.14. The quantitative estimate of drug-likeness (QED) is 0.831. The Hall–Kier alpha value is -2.52. The maximum atomic E-state index is 12.4. The van der Waals surface area contributed by atoms with Crippen LogP contribution < -0.4 is 10.2 Å². The minimum Gasteiger partial charge on any atom is -0.368 e. The van der Waals surface area contributed by atoms with Crippen molar-refractivity contribution in [3.8, 4) is 6.07 Å². The molecule has 2 aromatic carbocycles. The van der Waals surface area contributed by atoms with E-state index in [1.807, 2.05) is 54.3 Å². The van der Waals surface area contributed by atoms with Gasteiger partial charge in [0.25, 0.3) is 0 Å². The lowest BCUT2D eigenvalue weighted by molar-refractivity contribution is 0.208. The summed E-state index contributed by atoms with van der Waals surface area (Å²) >= 11 is 3.48. The van der Waals surface area contributed by atoms with Crippen molar-refractivity contribution in [1.82, 2.24) is 4.90 Å². The van der Waals surface area contributed by atoms with E-state index in [0.29, 0.717) is 18.7 Å². The number of anilines is 2. The topological polar surface area (TPSA) is 59.4 Å². The first-order valence-corrected chi connectivity index (χ1v) is 8.93. The van der Waals surface area contributed by atoms with Gasteiger partial charge in [-0.15, -0.1) is 0 Å². The number of carbonyl (C=O) groups excluding carboxylic acids is 1. The maximum Gasteiger partial charge on any atom is 0.321 e. The number of carbonyl (C=O) groups is 1. The van der Waals surface area contributed by atoms with E-state index < -0.39 is 0 Å². The van der Waals surface area contributed by atoms with Crippen molar-refractivity contribution in [3.05, 3.63) is 58.1 Å². The van der Waals surface area contributed by atoms with Crippen molar-refractivity contribution in [2.75, 3.05) is 36.4 Å². The van der Waals surface area contributed by atoms with E-state index in [-0.39, 0.29) is 6.03 Å². The Balaban J connectivity index is 1.56. The van der Waals surface area contributed by atoms with Gasteiger partial charge in [-0.3, -0.25) is 0 Å². The molecule has 0 spiro atoms. The molecule has 3 rings (SSSR count). The third-order valence-electron chi connectivity index (χ3n) is 4.35. The molecular weight excluding hydrogens is 380 g/mol. The molecule has 0 saturated carbocycles. The van der Waals surface area contributed by atoms with E-state index in [2.05, 4.69) is 32.2 Å². The van der Waals surface area contributed by atoms with Gasteiger partial charge < -0.3 is 15.1 Å². The molecule has 2 amide bonds. The number of hydrogen-bond donors (Lipinski definition) is 1. The summed E-state index contributed by atoms with van der Waals surface area (Å²) < 4.78 is 0.982. The third-order valence-corrected chi connectivity index (χ3v) is 5.21. The Bertz CT molecular complexity index is 805. The Morgan fingerprint density at radius 3 is 2.40 bits per heavy atom. The zero-order valence-corrected chi connectivity index (χ0v) is 15.6. The van der Waals surface area contributed by atoms with Crippen LogP contribution >= 0.6 is 15.9 Å². The second-order valence-electron chi connectivity index (χ2n) is 6.03. The molecule has 1 heterocycles. The van der Waals surface area contributed by atoms with Crippen LogP contribution in [0.15, 0.2) is 46.9 Å². The van der Waals surface area contributed by atoms with Gasteiger partial charge in [-0.1, -0.05) is 22.0 Å². The SMILES string of the molecule is Cc1ccc(NC(=O)N2CCN(c3ccc(C#N)cc3)CC2)cc1Br. The summed E-state index contributed by atoms with van der Waals surface area (Å²) in [6.07, 6.45) is 0. The number of benzene rings is 2. The average molecular weight is 399 g/mol. The Morgan fingerprint density at radius 1 is 1.12 bits per heavy atom. The third kappa shape index (κ3) is 4.12. The molecule has 0 aromatic heterocycles. The van der Waals surface area contributed by atoms with Crippen LogP contribution in [0.3, 0.4) is 0 Å². The highest BCUT2D eigenvalue weighted by Crippen LogP contribution is 2.21. The first kappa shape index (κ1) is 17.3. The van der Waals surface area contributed by atoms with Gasteiger partial charge >= 0.3 is 6.03 Å². The minimum atomic E-state index is -0.0739. The smallest absolute Gasteiger partial charge is 0.321 e. The number of halogens is 1. The van der Waals surface area contributed by atoms with E-state index in [1.54, 1.807) is 0 Å². The lowest BCUT2D eigenvalue weighted by atomic mass is 10.2. The maximum absolute atomic E-state index is 12.4. The van der Waals surface area contributed by atoms with Crippen LogP contribution in [0.2, 0.25) is 0 Å². The molecule has 0 unspecified atom stereocenters. The monoisotopic (exact) mass is 398 g/mol. The predicted molar refractivity (Wildman–Crippen MR) is 103 cm³/mol. The largest absolute Gasteiger partial charge is 0.368 e. The van der Waals surface area contributed by atoms with Gasteiger partial charge in [-0.2, -0.15) is 5.26 Å². The van der Waals surface area contributed by atoms with Gasteiger partial charge in [-0.25, -0.2) is 4.79 Å². The second-order valence-corrected chi connectivity index (χ2v) is 6.88. The zero-order chi connectivity index (χ0) is 17.8. The molecule has 6 heteroatoms. The van der Waals surface area contributed by atoms with Crippen LogP contribution in [-0.2, 0) is 0 Å². The Morgan fingerprint density at radius 2 is 1.80 bits per heavy atom. The molecular formula is C19H19BrN4O. The lowest BCUT2D eigenvalue weighted by Crippen LogP contribution is -2.50. The first-order chi connectivity index (χ1) is 12.1. The second kappa shape index (κ2) is 7.58. The van der Waals surface area contributed by atoms with Gasteiger partial charge in [0.05, 0.1) is 11.6 Å². The lowest BCUT2D eigenvalue weighted by Gasteiger charge is -2.36. The number of nitrogens with one attached hydrogen (secondary N) is 1. The van der Waals surface area contributed by atoms with Crippen molar-refractivity contribution >= 4 is 33.3 Å². The number of aryl methyl sites for hydroxylation is 1. The Labute approximate surface area is 156 Å². The van der Waals surface area contributed by atoms with Crippen molar-refractivity contribution in [2.45, 2.75) is 6.92 Å². The fraction of sp³-hybridized carbons (Fsp3) is 0.263. The van der Waals surface area contributed by atoms with Crippen LogP contribution in [0.1, 0.15) is 11.1 Å². The molecule has 0 radical (unpaired) electrons. The molecule has 1 saturated heterocycles. The standard InChI is InChI=1S/C19H19BrN4O/c1-14-2-5-16(12-18(14)20)22-19(25)24-10-8-23(9-11-24)17-6-3-15(13-21)4-7-17/h2-7,12H,8-11H2,1H3,(H,22,25). The van der Waals surface area contributed by atoms with Gasteiger partial charge in [0, 0.05) is 42.0 Å². The number of amides is 2. The predicted octanol–water partition coefficient (Wildman–Crippen LogP) is 3.98. The summed E-state index contributed by atoms with van der Waals surface area (Å²) in [5.74, 6) is 0. The summed E-state index contributed by atoms with van der Waals surface area (Å²) in [4.78, 5) is 16.5. The van der Waals surface area contributed by atoms with E-state index >= 15 is 0 Å². The fourth-order valence-corrected chi connectivity index (χ4v) is 3.17. The molecule has 1 N–H and O–H groups in total. The molecule has 0 aliphatic carbocycles. The summed E-state index contributed by atoms with van der Waals surface area (Å²) in [6, 6.07) is 15.4. The van der Waals surface area contributed by atoms with Crippen LogP contribution in [0, 0.1) is 18.3 Å². The van der Waals surface area contributed by atoms with Crippen molar-refractivity contribution in [2.24, 2.45) is 0 Å². The average Bonchev–Trinajstić information content (AvgIpc) is 2.65. The van der Waals surface area contributed by atoms with Crippen molar-refractivity contribution < 1.29 is 4.79 Å². The van der Waals surface area contributed by atoms with Gasteiger partial charge in [0.2, 0.25) is 0 Å². The molecule has 5 nitrogen and oxygen atoms in total. The van der Waals surface area contributed by atoms with Gasteiger partial charge in [-0.05, 0) is 48.9 Å². The summed E-state index contributed by atoms with van der Waals surface area (Å²) in [6.45, 7) is 4.89. The van der Waals surface area contributed by atoms with Crippen LogP contribution in [0.25, 0.3) is 0 Å². The van der Waals surface area contributed by atoms with E-state index in [9.17, 15) is 4.79 Å². The highest BCUT2D eigenvalue weighted by Gasteiger charge is 2.21. The highest BCUT2D eigenvalue weighted by molar-refractivity contribution is 9.10. The van der Waals surface area contributed by atoms with Crippen LogP contribution in [-0.4, -0.2) is 37.1 Å². The van der Waals surface area contributed by atoms with Crippen molar-refractivity contribution in [1.29, 1.82) is 5.26 Å². The number of piperazine rings is 1. The molecule has 2 aromatic rings. The number of rotatable bonds is 2. The molecule has 0 bridgehead atoms. The summed E-state index contributed by atoms with van der Waals surface area (Å²) in [5, 5.41) is 11.8. The number of urea groups is 1. The van der Waals surface area contributed by atoms with E-state index in [1.165, 1.54) is 0 Å². The van der Waals surface area contributed by atoms with Gasteiger partial charge in [0.1, 0.15) is 0 Å². The number of nitrogens with zero attached hydrogens (tertiary/aromatic N) is 3.